The lowest BCUT2D eigenvalue weighted by molar-refractivity contribution is -0.686. The molecule has 2 nitrogen and oxygen atoms in total. The summed E-state index contributed by atoms with van der Waals surface area (Å²) in [6.45, 7) is 6.73. The molecule has 0 radical (unpaired) electrons. The molecule has 2 aromatic carbocycles. The van der Waals surface area contributed by atoms with Gasteiger partial charge < -0.3 is 10.1 Å². The van der Waals surface area contributed by atoms with Crippen molar-refractivity contribution in [3.8, 4) is 5.75 Å². The molecule has 2 aromatic rings. The van der Waals surface area contributed by atoms with E-state index in [9.17, 15) is 0 Å². The Morgan fingerprint density at radius 1 is 1.05 bits per heavy atom. The van der Waals surface area contributed by atoms with Crippen molar-refractivity contribution in [3.05, 3.63) is 63.6 Å². The zero-order chi connectivity index (χ0) is 14.4. The van der Waals surface area contributed by atoms with Crippen LogP contribution in [-0.2, 0) is 13.1 Å². The molecule has 0 amide bonds. The maximum Gasteiger partial charge on any atom is 0.128 e. The molecule has 0 aromatic heterocycles. The molecule has 3 heteroatoms. The van der Waals surface area contributed by atoms with Crippen molar-refractivity contribution in [3.63, 3.8) is 0 Å². The molecular formula is C17H21BrNO+. The Balaban J connectivity index is 1.96. The summed E-state index contributed by atoms with van der Waals surface area (Å²) in [6.07, 6.45) is 0. The molecule has 20 heavy (non-hydrogen) atoms. The van der Waals surface area contributed by atoms with E-state index in [0.29, 0.717) is 6.61 Å². The van der Waals surface area contributed by atoms with Gasteiger partial charge in [0.25, 0.3) is 0 Å². The van der Waals surface area contributed by atoms with Gasteiger partial charge in [-0.15, -0.1) is 0 Å². The molecule has 2 rings (SSSR count). The van der Waals surface area contributed by atoms with Crippen molar-refractivity contribution in [2.24, 2.45) is 0 Å². The van der Waals surface area contributed by atoms with Crippen LogP contribution >= 0.6 is 15.9 Å². The standard InChI is InChI=1S/C17H20BrNO/c1-3-20-17-9-8-16(18)10-15(17)12-19-11-14-6-4-13(2)5-7-14/h4-10,19H,3,11-12H2,1-2H3/p+1. The number of aryl methyl sites for hydroxylation is 1. The van der Waals surface area contributed by atoms with E-state index in [4.69, 9.17) is 4.74 Å². The van der Waals surface area contributed by atoms with E-state index < -0.39 is 0 Å². The van der Waals surface area contributed by atoms with Crippen LogP contribution in [0.5, 0.6) is 5.75 Å². The number of benzene rings is 2. The molecule has 0 bridgehead atoms. The number of quaternary nitrogens is 1. The molecule has 0 aliphatic rings. The van der Waals surface area contributed by atoms with Gasteiger partial charge in [0.2, 0.25) is 0 Å². The van der Waals surface area contributed by atoms with Gasteiger partial charge in [0, 0.05) is 15.6 Å². The van der Waals surface area contributed by atoms with Crippen LogP contribution in [0.25, 0.3) is 0 Å². The average Bonchev–Trinajstić information content (AvgIpc) is 2.44. The van der Waals surface area contributed by atoms with Crippen LogP contribution in [0.1, 0.15) is 23.6 Å². The van der Waals surface area contributed by atoms with Crippen molar-refractivity contribution < 1.29 is 10.1 Å². The second kappa shape index (κ2) is 7.46. The molecule has 106 valence electrons. The molecule has 0 aliphatic carbocycles. The molecule has 0 saturated carbocycles. The predicted molar refractivity (Wildman–Crippen MR) is 85.8 cm³/mol. The fourth-order valence-corrected chi connectivity index (χ4v) is 2.53. The lowest BCUT2D eigenvalue weighted by Crippen LogP contribution is -2.80. The summed E-state index contributed by atoms with van der Waals surface area (Å²) in [4.78, 5) is 0. The van der Waals surface area contributed by atoms with Gasteiger partial charge in [-0.1, -0.05) is 45.8 Å². The van der Waals surface area contributed by atoms with Gasteiger partial charge in [-0.3, -0.25) is 0 Å². The SMILES string of the molecule is CCOc1ccc(Br)cc1C[NH2+]Cc1ccc(C)cc1. The monoisotopic (exact) mass is 334 g/mol. The van der Waals surface area contributed by atoms with E-state index in [-0.39, 0.29) is 0 Å². The van der Waals surface area contributed by atoms with E-state index in [1.807, 2.05) is 19.1 Å². The van der Waals surface area contributed by atoms with Crippen LogP contribution in [0.2, 0.25) is 0 Å². The third-order valence-electron chi connectivity index (χ3n) is 3.19. The lowest BCUT2D eigenvalue weighted by Gasteiger charge is -2.10. The van der Waals surface area contributed by atoms with Crippen molar-refractivity contribution in [2.45, 2.75) is 26.9 Å². The molecule has 0 aliphatic heterocycles. The van der Waals surface area contributed by atoms with Crippen molar-refractivity contribution in [1.82, 2.24) is 0 Å². The van der Waals surface area contributed by atoms with E-state index >= 15 is 0 Å². The topological polar surface area (TPSA) is 25.8 Å². The fourth-order valence-electron chi connectivity index (χ4n) is 2.12. The quantitative estimate of drug-likeness (QED) is 0.860. The highest BCUT2D eigenvalue weighted by molar-refractivity contribution is 9.10. The Morgan fingerprint density at radius 2 is 1.80 bits per heavy atom. The van der Waals surface area contributed by atoms with Gasteiger partial charge in [-0.05, 0) is 32.0 Å². The third kappa shape index (κ3) is 4.36. The summed E-state index contributed by atoms with van der Waals surface area (Å²) in [7, 11) is 0. The Bertz CT molecular complexity index is 551. The van der Waals surface area contributed by atoms with E-state index in [0.717, 1.165) is 23.3 Å². The van der Waals surface area contributed by atoms with Gasteiger partial charge in [-0.25, -0.2) is 0 Å². The summed E-state index contributed by atoms with van der Waals surface area (Å²) < 4.78 is 6.77. The van der Waals surface area contributed by atoms with E-state index in [1.165, 1.54) is 16.7 Å². The Kier molecular flexibility index (Phi) is 5.62. The first kappa shape index (κ1) is 15.1. The number of ether oxygens (including phenoxy) is 1. The third-order valence-corrected chi connectivity index (χ3v) is 3.68. The highest BCUT2D eigenvalue weighted by Gasteiger charge is 2.06. The largest absolute Gasteiger partial charge is 0.493 e. The zero-order valence-electron chi connectivity index (χ0n) is 12.0. The van der Waals surface area contributed by atoms with Crippen LogP contribution in [-0.4, -0.2) is 6.61 Å². The normalized spacial score (nSPS) is 10.6. The number of halogens is 1. The summed E-state index contributed by atoms with van der Waals surface area (Å²) in [5.41, 5.74) is 3.89. The van der Waals surface area contributed by atoms with Crippen LogP contribution in [0, 0.1) is 6.92 Å². The molecule has 0 heterocycles. The van der Waals surface area contributed by atoms with Gasteiger partial charge >= 0.3 is 0 Å². The smallest absolute Gasteiger partial charge is 0.128 e. The molecule has 0 saturated heterocycles. The second-order valence-electron chi connectivity index (χ2n) is 4.87. The molecule has 0 unspecified atom stereocenters. The van der Waals surface area contributed by atoms with Gasteiger partial charge in [-0.2, -0.15) is 0 Å². The van der Waals surface area contributed by atoms with Crippen LogP contribution < -0.4 is 10.1 Å². The minimum Gasteiger partial charge on any atom is -0.493 e. The number of rotatable bonds is 6. The minimum absolute atomic E-state index is 0.701. The summed E-state index contributed by atoms with van der Waals surface area (Å²) in [5, 5.41) is 2.30. The Morgan fingerprint density at radius 3 is 2.50 bits per heavy atom. The summed E-state index contributed by atoms with van der Waals surface area (Å²) in [6, 6.07) is 14.9. The maximum atomic E-state index is 5.67. The zero-order valence-corrected chi connectivity index (χ0v) is 13.6. The second-order valence-corrected chi connectivity index (χ2v) is 5.78. The van der Waals surface area contributed by atoms with Gasteiger partial charge in [0.05, 0.1) is 6.61 Å². The Hall–Kier alpha value is -1.32. The molecule has 0 spiro atoms. The first-order valence-electron chi connectivity index (χ1n) is 6.97. The van der Waals surface area contributed by atoms with Crippen LogP contribution in [0.15, 0.2) is 46.9 Å². The van der Waals surface area contributed by atoms with Crippen molar-refractivity contribution in [1.29, 1.82) is 0 Å². The Labute approximate surface area is 129 Å². The highest BCUT2D eigenvalue weighted by Crippen LogP contribution is 2.22. The highest BCUT2D eigenvalue weighted by atomic mass is 79.9. The molecular weight excluding hydrogens is 314 g/mol. The first-order valence-corrected chi connectivity index (χ1v) is 7.76. The average molecular weight is 335 g/mol. The number of hydrogen-bond donors (Lipinski definition) is 1. The lowest BCUT2D eigenvalue weighted by atomic mass is 10.1. The summed E-state index contributed by atoms with van der Waals surface area (Å²) >= 11 is 3.52. The first-order chi connectivity index (χ1) is 9.69. The number of hydrogen-bond acceptors (Lipinski definition) is 1. The fraction of sp³-hybridized carbons (Fsp3) is 0.294. The predicted octanol–water partition coefficient (Wildman–Crippen LogP) is 3.42. The van der Waals surface area contributed by atoms with Crippen LogP contribution in [0.4, 0.5) is 0 Å². The molecule has 0 fully saturated rings. The van der Waals surface area contributed by atoms with Gasteiger partial charge in [0.15, 0.2) is 0 Å². The number of nitrogens with two attached hydrogens (primary N) is 1. The van der Waals surface area contributed by atoms with Crippen molar-refractivity contribution in [2.75, 3.05) is 6.61 Å². The van der Waals surface area contributed by atoms with E-state index in [2.05, 4.69) is 58.5 Å². The molecule has 2 N–H and O–H groups in total. The van der Waals surface area contributed by atoms with Gasteiger partial charge in [0.1, 0.15) is 18.8 Å². The van der Waals surface area contributed by atoms with E-state index in [1.54, 1.807) is 0 Å². The minimum atomic E-state index is 0.701. The summed E-state index contributed by atoms with van der Waals surface area (Å²) in [5.74, 6) is 0.982. The maximum absolute atomic E-state index is 5.67. The van der Waals surface area contributed by atoms with Crippen molar-refractivity contribution >= 4 is 15.9 Å². The van der Waals surface area contributed by atoms with Crippen LogP contribution in [0.3, 0.4) is 0 Å². The molecule has 0 atom stereocenters.